The van der Waals surface area contributed by atoms with Gasteiger partial charge >= 0.3 is 12.1 Å². The normalized spacial score (nSPS) is 12.9. The highest BCUT2D eigenvalue weighted by molar-refractivity contribution is 5.77. The van der Waals surface area contributed by atoms with Crippen molar-refractivity contribution in [1.82, 2.24) is 15.5 Å². The van der Waals surface area contributed by atoms with Crippen molar-refractivity contribution >= 4 is 5.91 Å². The Morgan fingerprint density at radius 3 is 2.54 bits per heavy atom. The highest BCUT2D eigenvalue weighted by Crippen LogP contribution is 2.29. The fraction of sp³-hybridized carbons (Fsp3) is 0.357. The molecule has 0 saturated heterocycles. The van der Waals surface area contributed by atoms with Gasteiger partial charge in [0.2, 0.25) is 11.7 Å². The quantitative estimate of drug-likeness (QED) is 0.813. The lowest BCUT2D eigenvalue weighted by atomic mass is 10.1. The number of hydrogen-bond acceptors (Lipinski definition) is 5. The van der Waals surface area contributed by atoms with E-state index in [9.17, 15) is 22.4 Å². The van der Waals surface area contributed by atoms with Crippen molar-refractivity contribution in [2.45, 2.75) is 26.0 Å². The number of rotatable bonds is 6. The largest absolute Gasteiger partial charge is 0.471 e. The third kappa shape index (κ3) is 5.01. The average molecular weight is 347 g/mol. The van der Waals surface area contributed by atoms with Crippen LogP contribution in [0, 0.1) is 0 Å². The minimum atomic E-state index is -4.70. The summed E-state index contributed by atoms with van der Waals surface area (Å²) < 4.78 is 58.3. The van der Waals surface area contributed by atoms with Gasteiger partial charge in [-0.1, -0.05) is 29.4 Å². The van der Waals surface area contributed by atoms with Crippen molar-refractivity contribution in [2.75, 3.05) is 6.61 Å². The van der Waals surface area contributed by atoms with Gasteiger partial charge in [-0.15, -0.1) is 0 Å². The van der Waals surface area contributed by atoms with Crippen LogP contribution < -0.4 is 5.32 Å². The van der Waals surface area contributed by atoms with Gasteiger partial charge in [0.05, 0.1) is 0 Å². The molecular weight excluding hydrogens is 334 g/mol. The number of benzene rings is 1. The monoisotopic (exact) mass is 347 g/mol. The van der Waals surface area contributed by atoms with E-state index in [0.29, 0.717) is 11.1 Å². The van der Waals surface area contributed by atoms with E-state index in [2.05, 4.69) is 24.7 Å². The van der Waals surface area contributed by atoms with Crippen LogP contribution in [0.2, 0.25) is 0 Å². The first-order valence-corrected chi connectivity index (χ1v) is 6.78. The first kappa shape index (κ1) is 17.9. The Kier molecular flexibility index (Phi) is 5.50. The highest BCUT2D eigenvalue weighted by atomic mass is 19.4. The maximum Gasteiger partial charge on any atom is 0.471 e. The fourth-order valence-electron chi connectivity index (χ4n) is 1.67. The molecule has 0 radical (unpaired) electrons. The molecule has 1 aromatic carbocycles. The minimum absolute atomic E-state index is 0.156. The van der Waals surface area contributed by atoms with Crippen LogP contribution in [0.15, 0.2) is 28.8 Å². The summed E-state index contributed by atoms with van der Waals surface area (Å²) >= 11 is 0. The molecule has 1 N–H and O–H groups in total. The van der Waals surface area contributed by atoms with Crippen LogP contribution in [0.1, 0.15) is 18.4 Å². The van der Waals surface area contributed by atoms with E-state index in [4.69, 9.17) is 0 Å². The number of halogens is 4. The third-order valence-electron chi connectivity index (χ3n) is 2.81. The molecule has 0 fully saturated rings. The molecule has 10 heteroatoms. The molecule has 2 aromatic rings. The number of carbonyl (C=O) groups is 1. The van der Waals surface area contributed by atoms with Crippen LogP contribution in [-0.2, 0) is 22.3 Å². The zero-order valence-electron chi connectivity index (χ0n) is 12.4. The zero-order valence-corrected chi connectivity index (χ0v) is 12.4. The number of amides is 1. The van der Waals surface area contributed by atoms with Crippen LogP contribution in [0.25, 0.3) is 11.4 Å². The smallest absolute Gasteiger partial charge is 0.350 e. The summed E-state index contributed by atoms with van der Waals surface area (Å²) in [4.78, 5) is 14.6. The molecule has 24 heavy (non-hydrogen) atoms. The van der Waals surface area contributed by atoms with Crippen molar-refractivity contribution in [2.24, 2.45) is 0 Å². The van der Waals surface area contributed by atoms with Crippen molar-refractivity contribution in [3.05, 3.63) is 35.7 Å². The Morgan fingerprint density at radius 2 is 2.00 bits per heavy atom. The number of ether oxygens (including phenoxy) is 1. The fourth-order valence-corrected chi connectivity index (χ4v) is 1.67. The number of aromatic nitrogens is 2. The van der Waals surface area contributed by atoms with Crippen molar-refractivity contribution in [3.8, 4) is 11.4 Å². The van der Waals surface area contributed by atoms with Gasteiger partial charge in [-0.05, 0) is 12.5 Å². The molecule has 1 atom stereocenters. The third-order valence-corrected chi connectivity index (χ3v) is 2.81. The van der Waals surface area contributed by atoms with E-state index in [1.165, 1.54) is 12.1 Å². The van der Waals surface area contributed by atoms with Gasteiger partial charge in [-0.25, -0.2) is 4.39 Å². The molecule has 0 bridgehead atoms. The Labute approximate surface area is 133 Å². The van der Waals surface area contributed by atoms with E-state index >= 15 is 0 Å². The van der Waals surface area contributed by atoms with Crippen LogP contribution in [0.3, 0.4) is 0 Å². The molecule has 0 spiro atoms. The Morgan fingerprint density at radius 1 is 1.33 bits per heavy atom. The zero-order chi connectivity index (χ0) is 17.7. The molecule has 0 saturated carbocycles. The second kappa shape index (κ2) is 7.39. The maximum absolute atomic E-state index is 12.4. The number of alkyl halides is 4. The molecule has 1 aromatic heterocycles. The lowest BCUT2D eigenvalue weighted by Gasteiger charge is -2.07. The van der Waals surface area contributed by atoms with Crippen LogP contribution in [0.4, 0.5) is 17.6 Å². The van der Waals surface area contributed by atoms with Crippen LogP contribution in [0.5, 0.6) is 0 Å². The van der Waals surface area contributed by atoms with E-state index < -0.39 is 30.9 Å². The molecule has 0 aliphatic heterocycles. The second-order valence-corrected chi connectivity index (χ2v) is 4.75. The van der Waals surface area contributed by atoms with E-state index in [1.807, 2.05) is 0 Å². The molecule has 1 amide bonds. The average Bonchev–Trinajstić information content (AvgIpc) is 3.01. The van der Waals surface area contributed by atoms with Gasteiger partial charge in [0.15, 0.2) is 6.36 Å². The summed E-state index contributed by atoms with van der Waals surface area (Å²) in [7, 11) is 0. The summed E-state index contributed by atoms with van der Waals surface area (Å²) in [6.45, 7) is 0.913. The lowest BCUT2D eigenvalue weighted by molar-refractivity contribution is -0.159. The van der Waals surface area contributed by atoms with Gasteiger partial charge in [-0.3, -0.25) is 4.79 Å². The first-order valence-electron chi connectivity index (χ1n) is 6.78. The number of nitrogens with zero attached hydrogens (tertiary/aromatic N) is 2. The molecule has 1 unspecified atom stereocenters. The summed E-state index contributed by atoms with van der Waals surface area (Å²) in [5.41, 5.74) is 1.01. The number of nitrogens with one attached hydrogen (secondary N) is 1. The van der Waals surface area contributed by atoms with Gasteiger partial charge in [-0.2, -0.15) is 18.2 Å². The molecular formula is C14H13F4N3O3. The predicted molar refractivity (Wildman–Crippen MR) is 73.1 cm³/mol. The summed E-state index contributed by atoms with van der Waals surface area (Å²) in [6.07, 6.45) is -6.24. The maximum atomic E-state index is 12.4. The summed E-state index contributed by atoms with van der Waals surface area (Å²) in [5, 5.41) is 5.78. The second-order valence-electron chi connectivity index (χ2n) is 4.75. The highest BCUT2D eigenvalue weighted by Gasteiger charge is 2.38. The van der Waals surface area contributed by atoms with Gasteiger partial charge < -0.3 is 14.6 Å². The van der Waals surface area contributed by atoms with Crippen molar-refractivity contribution in [1.29, 1.82) is 0 Å². The summed E-state index contributed by atoms with van der Waals surface area (Å²) in [6, 6.07) is 6.15. The standard InChI is InChI=1S/C14H13F4N3O3/c1-8(15)23-7-11(22)19-6-9-2-4-10(5-3-9)12-20-13(24-21-12)14(16,17)18/h2-5,8H,6-7H2,1H3,(H,19,22). The lowest BCUT2D eigenvalue weighted by Crippen LogP contribution is -2.28. The minimum Gasteiger partial charge on any atom is -0.350 e. The van der Waals surface area contributed by atoms with E-state index in [-0.39, 0.29) is 12.4 Å². The molecule has 0 aliphatic rings. The van der Waals surface area contributed by atoms with Crippen LogP contribution in [-0.4, -0.2) is 29.0 Å². The first-order chi connectivity index (χ1) is 11.3. The number of hydrogen-bond donors (Lipinski definition) is 1. The van der Waals surface area contributed by atoms with Gasteiger partial charge in [0.25, 0.3) is 0 Å². The van der Waals surface area contributed by atoms with Gasteiger partial charge in [0, 0.05) is 12.1 Å². The topological polar surface area (TPSA) is 77.2 Å². The molecule has 2 rings (SSSR count). The molecule has 130 valence electrons. The van der Waals surface area contributed by atoms with Crippen molar-refractivity contribution in [3.63, 3.8) is 0 Å². The van der Waals surface area contributed by atoms with Gasteiger partial charge in [0.1, 0.15) is 6.61 Å². The van der Waals surface area contributed by atoms with Crippen LogP contribution >= 0.6 is 0 Å². The summed E-state index contributed by atoms with van der Waals surface area (Å²) in [5.74, 6) is -2.10. The molecule has 6 nitrogen and oxygen atoms in total. The van der Waals surface area contributed by atoms with Crippen molar-refractivity contribution < 1.29 is 31.6 Å². The Balaban J connectivity index is 1.93. The predicted octanol–water partition coefficient (Wildman–Crippen LogP) is 2.70. The van der Waals surface area contributed by atoms with E-state index in [0.717, 1.165) is 6.92 Å². The molecule has 0 aliphatic carbocycles. The Bertz CT molecular complexity index is 683. The number of carbonyl (C=O) groups excluding carboxylic acids is 1. The van der Waals surface area contributed by atoms with E-state index in [1.54, 1.807) is 12.1 Å². The Hall–Kier alpha value is -2.49. The molecule has 1 heterocycles. The SMILES string of the molecule is CC(F)OCC(=O)NCc1ccc(-c2noc(C(F)(F)F)n2)cc1.